The Labute approximate surface area is 153 Å². The highest BCUT2D eigenvalue weighted by Gasteiger charge is 2.22. The van der Waals surface area contributed by atoms with Gasteiger partial charge < -0.3 is 15.5 Å². The molecule has 0 aliphatic carbocycles. The number of carbonyl (C=O) groups excluding carboxylic acids is 1. The normalized spacial score (nSPS) is 16.1. The van der Waals surface area contributed by atoms with E-state index < -0.39 is 0 Å². The Morgan fingerprint density at radius 1 is 1.36 bits per heavy atom. The molecule has 0 radical (unpaired) electrons. The van der Waals surface area contributed by atoms with Crippen LogP contribution in [0.15, 0.2) is 53.7 Å². The van der Waals surface area contributed by atoms with Crippen molar-refractivity contribution in [2.24, 2.45) is 0 Å². The van der Waals surface area contributed by atoms with Gasteiger partial charge in [-0.25, -0.2) is 4.79 Å². The number of urea groups is 1. The maximum absolute atomic E-state index is 12.5. The molecule has 1 aliphatic rings. The molecule has 0 bridgehead atoms. The van der Waals surface area contributed by atoms with E-state index in [1.54, 1.807) is 17.4 Å². The summed E-state index contributed by atoms with van der Waals surface area (Å²) in [5, 5.41) is 10.8. The monoisotopic (exact) mass is 355 g/mol. The first-order chi connectivity index (χ1) is 12.3. The van der Waals surface area contributed by atoms with Crippen LogP contribution >= 0.6 is 11.3 Å². The van der Waals surface area contributed by atoms with Gasteiger partial charge in [0.1, 0.15) is 0 Å². The van der Waals surface area contributed by atoms with Crippen molar-refractivity contribution in [3.05, 3.63) is 70.4 Å². The molecule has 25 heavy (non-hydrogen) atoms. The largest absolute Gasteiger partial charge is 0.338 e. The van der Waals surface area contributed by atoms with Crippen molar-refractivity contribution in [2.75, 3.05) is 19.6 Å². The summed E-state index contributed by atoms with van der Waals surface area (Å²) in [7, 11) is 0. The lowest BCUT2D eigenvalue weighted by molar-refractivity contribution is 0.196. The zero-order valence-electron chi connectivity index (χ0n) is 14.4. The van der Waals surface area contributed by atoms with Gasteiger partial charge in [0.15, 0.2) is 0 Å². The first kappa shape index (κ1) is 17.7. The Morgan fingerprint density at radius 3 is 2.96 bits per heavy atom. The molecule has 0 spiro atoms. The summed E-state index contributed by atoms with van der Waals surface area (Å²) >= 11 is 1.69. The number of thiophene rings is 1. The molecule has 1 aromatic carbocycles. The van der Waals surface area contributed by atoms with Gasteiger partial charge in [-0.15, -0.1) is 6.58 Å². The average molecular weight is 356 g/mol. The summed E-state index contributed by atoms with van der Waals surface area (Å²) in [6, 6.07) is 10.9. The van der Waals surface area contributed by atoms with Crippen molar-refractivity contribution < 1.29 is 4.79 Å². The molecule has 2 heterocycles. The predicted molar refractivity (Wildman–Crippen MR) is 104 cm³/mol. The highest BCUT2D eigenvalue weighted by molar-refractivity contribution is 7.07. The quantitative estimate of drug-likeness (QED) is 0.749. The highest BCUT2D eigenvalue weighted by Crippen LogP contribution is 2.17. The standard InChI is InChI=1S/C20H25N3OS/c1-2-10-23(20(24)21-9-7-16-8-11-25-15-16)14-19-12-17-5-3-4-6-18(17)13-22-19/h2-6,8,11,15,19,22H,1,7,9-10,12-14H2,(H,21,24)/t19-/m0/s1. The van der Waals surface area contributed by atoms with E-state index in [1.807, 2.05) is 4.90 Å². The lowest BCUT2D eigenvalue weighted by atomic mass is 9.95. The van der Waals surface area contributed by atoms with Crippen LogP contribution in [0.1, 0.15) is 16.7 Å². The third-order valence-electron chi connectivity index (χ3n) is 4.51. The molecule has 1 aromatic heterocycles. The van der Waals surface area contributed by atoms with Crippen LogP contribution < -0.4 is 10.6 Å². The number of benzene rings is 1. The molecular formula is C20H25N3OS. The number of nitrogens with zero attached hydrogens (tertiary/aromatic N) is 1. The molecule has 1 atom stereocenters. The molecular weight excluding hydrogens is 330 g/mol. The van der Waals surface area contributed by atoms with Gasteiger partial charge in [0.2, 0.25) is 0 Å². The zero-order chi connectivity index (χ0) is 17.5. The summed E-state index contributed by atoms with van der Waals surface area (Å²) in [4.78, 5) is 14.4. The van der Waals surface area contributed by atoms with Gasteiger partial charge >= 0.3 is 6.03 Å². The second-order valence-electron chi connectivity index (χ2n) is 6.36. The average Bonchev–Trinajstić information content (AvgIpc) is 3.14. The molecule has 132 valence electrons. The molecule has 2 aromatic rings. The second kappa shape index (κ2) is 8.83. The predicted octanol–water partition coefficient (Wildman–Crippen LogP) is 3.20. The van der Waals surface area contributed by atoms with Crippen molar-refractivity contribution in [1.82, 2.24) is 15.5 Å². The van der Waals surface area contributed by atoms with E-state index in [1.165, 1.54) is 16.7 Å². The summed E-state index contributed by atoms with van der Waals surface area (Å²) in [5.74, 6) is 0. The maximum Gasteiger partial charge on any atom is 0.317 e. The van der Waals surface area contributed by atoms with Gasteiger partial charge in [0.25, 0.3) is 0 Å². The van der Waals surface area contributed by atoms with Gasteiger partial charge in [-0.1, -0.05) is 30.3 Å². The minimum atomic E-state index is -0.0178. The molecule has 2 amide bonds. The number of hydrogen-bond acceptors (Lipinski definition) is 3. The van der Waals surface area contributed by atoms with Gasteiger partial charge in [-0.05, 0) is 46.4 Å². The van der Waals surface area contributed by atoms with Crippen LogP contribution in [-0.2, 0) is 19.4 Å². The highest BCUT2D eigenvalue weighted by atomic mass is 32.1. The Kier molecular flexibility index (Phi) is 6.25. The zero-order valence-corrected chi connectivity index (χ0v) is 15.2. The molecule has 3 rings (SSSR count). The van der Waals surface area contributed by atoms with Crippen LogP contribution in [0.4, 0.5) is 4.79 Å². The topological polar surface area (TPSA) is 44.4 Å². The first-order valence-electron chi connectivity index (χ1n) is 8.71. The Morgan fingerprint density at radius 2 is 2.20 bits per heavy atom. The van der Waals surface area contributed by atoms with Crippen LogP contribution in [0.25, 0.3) is 0 Å². The molecule has 0 saturated carbocycles. The van der Waals surface area contributed by atoms with E-state index in [9.17, 15) is 4.79 Å². The van der Waals surface area contributed by atoms with E-state index in [-0.39, 0.29) is 12.1 Å². The fraction of sp³-hybridized carbons (Fsp3) is 0.350. The lowest BCUT2D eigenvalue weighted by Crippen LogP contribution is -2.49. The molecule has 4 nitrogen and oxygen atoms in total. The molecule has 2 N–H and O–H groups in total. The van der Waals surface area contributed by atoms with E-state index in [4.69, 9.17) is 0 Å². The van der Waals surface area contributed by atoms with Crippen molar-refractivity contribution in [2.45, 2.75) is 25.4 Å². The van der Waals surface area contributed by atoms with Gasteiger partial charge in [0, 0.05) is 32.2 Å². The number of carbonyl (C=O) groups is 1. The Balaban J connectivity index is 1.52. The lowest BCUT2D eigenvalue weighted by Gasteiger charge is -2.31. The van der Waals surface area contributed by atoms with E-state index in [0.29, 0.717) is 19.6 Å². The van der Waals surface area contributed by atoms with Crippen molar-refractivity contribution in [3.63, 3.8) is 0 Å². The summed E-state index contributed by atoms with van der Waals surface area (Å²) in [5.41, 5.74) is 4.00. The van der Waals surface area contributed by atoms with Crippen molar-refractivity contribution >= 4 is 17.4 Å². The van der Waals surface area contributed by atoms with Crippen LogP contribution in [0.3, 0.4) is 0 Å². The maximum atomic E-state index is 12.5. The van der Waals surface area contributed by atoms with Crippen LogP contribution in [0.2, 0.25) is 0 Å². The number of amides is 2. The van der Waals surface area contributed by atoms with Gasteiger partial charge in [0.05, 0.1) is 0 Å². The van der Waals surface area contributed by atoms with Gasteiger partial charge in [-0.2, -0.15) is 11.3 Å². The number of nitrogens with one attached hydrogen (secondary N) is 2. The Hall–Kier alpha value is -2.11. The third-order valence-corrected chi connectivity index (χ3v) is 5.25. The van der Waals surface area contributed by atoms with Crippen LogP contribution in [-0.4, -0.2) is 36.6 Å². The second-order valence-corrected chi connectivity index (χ2v) is 7.14. The SMILES string of the molecule is C=CCN(C[C@@H]1Cc2ccccc2CN1)C(=O)NCCc1ccsc1. The fourth-order valence-electron chi connectivity index (χ4n) is 3.17. The molecule has 1 aliphatic heterocycles. The minimum absolute atomic E-state index is 0.0178. The van der Waals surface area contributed by atoms with E-state index in [2.05, 4.69) is 58.3 Å². The number of fused-ring (bicyclic) bond motifs is 1. The molecule has 0 unspecified atom stereocenters. The summed E-state index contributed by atoms with van der Waals surface area (Å²) in [6.45, 7) is 6.56. The van der Waals surface area contributed by atoms with Crippen molar-refractivity contribution in [3.8, 4) is 0 Å². The molecule has 0 fully saturated rings. The minimum Gasteiger partial charge on any atom is -0.338 e. The molecule has 0 saturated heterocycles. The van der Waals surface area contributed by atoms with Crippen LogP contribution in [0.5, 0.6) is 0 Å². The summed E-state index contributed by atoms with van der Waals surface area (Å²) < 4.78 is 0. The number of rotatable bonds is 7. The fourth-order valence-corrected chi connectivity index (χ4v) is 3.88. The smallest absolute Gasteiger partial charge is 0.317 e. The van der Waals surface area contributed by atoms with Crippen LogP contribution in [0, 0.1) is 0 Å². The molecule has 5 heteroatoms. The Bertz CT molecular complexity index is 699. The third kappa shape index (κ3) is 4.94. The first-order valence-corrected chi connectivity index (χ1v) is 9.65. The van der Waals surface area contributed by atoms with E-state index in [0.717, 1.165) is 19.4 Å². The van der Waals surface area contributed by atoms with Gasteiger partial charge in [-0.3, -0.25) is 0 Å². The number of hydrogen-bond donors (Lipinski definition) is 2. The van der Waals surface area contributed by atoms with Crippen molar-refractivity contribution in [1.29, 1.82) is 0 Å². The van der Waals surface area contributed by atoms with E-state index >= 15 is 0 Å². The summed E-state index contributed by atoms with van der Waals surface area (Å²) in [6.07, 6.45) is 3.60.